The summed E-state index contributed by atoms with van der Waals surface area (Å²) in [5.41, 5.74) is 3.26. The highest BCUT2D eigenvalue weighted by Gasteiger charge is 2.05. The van der Waals surface area contributed by atoms with Gasteiger partial charge in [-0.05, 0) is 56.0 Å². The third-order valence-electron chi connectivity index (χ3n) is 3.60. The molecule has 0 fully saturated rings. The van der Waals surface area contributed by atoms with E-state index < -0.39 is 0 Å². The van der Waals surface area contributed by atoms with Gasteiger partial charge < -0.3 is 10.1 Å². The Morgan fingerprint density at radius 1 is 1.13 bits per heavy atom. The monoisotopic (exact) mass is 311 g/mol. The van der Waals surface area contributed by atoms with Gasteiger partial charge in [0.05, 0.1) is 6.61 Å². The summed E-state index contributed by atoms with van der Waals surface area (Å²) < 4.78 is 5.52. The van der Waals surface area contributed by atoms with E-state index in [-0.39, 0.29) is 5.91 Å². The van der Waals surface area contributed by atoms with Crippen LogP contribution in [0.5, 0.6) is 5.75 Å². The van der Waals surface area contributed by atoms with Crippen molar-refractivity contribution in [2.24, 2.45) is 0 Å². The van der Waals surface area contributed by atoms with Crippen LogP contribution in [0.25, 0.3) is 0 Å². The van der Waals surface area contributed by atoms with Gasteiger partial charge in [0.15, 0.2) is 0 Å². The Labute approximate surface area is 138 Å². The summed E-state index contributed by atoms with van der Waals surface area (Å²) >= 11 is 0. The Kier molecular flexibility index (Phi) is 6.67. The van der Waals surface area contributed by atoms with Gasteiger partial charge in [-0.2, -0.15) is 0 Å². The number of carbonyl (C=O) groups excluding carboxylic acids is 1. The smallest absolute Gasteiger partial charge is 0.251 e. The van der Waals surface area contributed by atoms with Gasteiger partial charge in [0.2, 0.25) is 0 Å². The van der Waals surface area contributed by atoms with E-state index >= 15 is 0 Å². The molecule has 2 aromatic carbocycles. The number of ether oxygens (including phenoxy) is 1. The number of nitrogens with one attached hydrogen (secondary N) is 1. The molecule has 122 valence electrons. The van der Waals surface area contributed by atoms with E-state index in [9.17, 15) is 4.79 Å². The van der Waals surface area contributed by atoms with Crippen molar-refractivity contribution >= 4 is 5.91 Å². The number of hydrogen-bond donors (Lipinski definition) is 1. The predicted molar refractivity (Wildman–Crippen MR) is 94.1 cm³/mol. The lowest BCUT2D eigenvalue weighted by molar-refractivity contribution is 0.0953. The molecule has 0 atom stereocenters. The highest BCUT2D eigenvalue weighted by molar-refractivity contribution is 5.94. The van der Waals surface area contributed by atoms with Crippen LogP contribution >= 0.6 is 0 Å². The highest BCUT2D eigenvalue weighted by atomic mass is 16.5. The van der Waals surface area contributed by atoms with Crippen molar-refractivity contribution < 1.29 is 9.53 Å². The lowest BCUT2D eigenvalue weighted by atomic mass is 10.1. The van der Waals surface area contributed by atoms with Crippen molar-refractivity contribution in [1.29, 1.82) is 0 Å². The molecule has 0 bridgehead atoms. The number of hydrogen-bond acceptors (Lipinski definition) is 2. The molecule has 0 aliphatic rings. The third kappa shape index (κ3) is 5.78. The molecule has 0 saturated carbocycles. The first-order chi connectivity index (χ1) is 11.2. The van der Waals surface area contributed by atoms with Crippen LogP contribution in [0.3, 0.4) is 0 Å². The summed E-state index contributed by atoms with van der Waals surface area (Å²) in [6.07, 6.45) is 2.89. The lowest BCUT2D eigenvalue weighted by Crippen LogP contribution is -2.24. The van der Waals surface area contributed by atoms with Crippen LogP contribution in [0.4, 0.5) is 0 Å². The maximum Gasteiger partial charge on any atom is 0.251 e. The van der Waals surface area contributed by atoms with Gasteiger partial charge in [-0.15, -0.1) is 0 Å². The molecule has 0 aliphatic heterocycles. The van der Waals surface area contributed by atoms with Gasteiger partial charge in [-0.1, -0.05) is 36.8 Å². The van der Waals surface area contributed by atoms with Crippen molar-refractivity contribution in [2.75, 3.05) is 13.2 Å². The number of benzene rings is 2. The Morgan fingerprint density at radius 2 is 1.91 bits per heavy atom. The molecule has 3 nitrogen and oxygen atoms in total. The van der Waals surface area contributed by atoms with E-state index in [1.165, 1.54) is 11.1 Å². The Hall–Kier alpha value is -2.29. The molecule has 0 radical (unpaired) electrons. The molecule has 0 heterocycles. The molecule has 1 N–H and O–H groups in total. The molecule has 0 aliphatic carbocycles. The fourth-order valence-corrected chi connectivity index (χ4v) is 2.39. The summed E-state index contributed by atoms with van der Waals surface area (Å²) in [4.78, 5) is 12.1. The summed E-state index contributed by atoms with van der Waals surface area (Å²) in [5.74, 6) is 0.777. The summed E-state index contributed by atoms with van der Waals surface area (Å²) in [7, 11) is 0. The van der Waals surface area contributed by atoms with Gasteiger partial charge in [0.25, 0.3) is 5.91 Å². The third-order valence-corrected chi connectivity index (χ3v) is 3.60. The van der Waals surface area contributed by atoms with Gasteiger partial charge in [-0.25, -0.2) is 0 Å². The molecular weight excluding hydrogens is 286 g/mol. The number of amides is 1. The molecule has 1 amide bonds. The van der Waals surface area contributed by atoms with Crippen molar-refractivity contribution in [2.45, 2.75) is 33.1 Å². The molecule has 0 spiro atoms. The lowest BCUT2D eigenvalue weighted by Gasteiger charge is -2.07. The first kappa shape index (κ1) is 17.1. The summed E-state index contributed by atoms with van der Waals surface area (Å²) in [6.45, 7) is 5.54. The fraction of sp³-hybridized carbons (Fsp3) is 0.350. The van der Waals surface area contributed by atoms with E-state index in [0.29, 0.717) is 18.7 Å². The number of rotatable bonds is 8. The molecule has 3 heteroatoms. The van der Waals surface area contributed by atoms with Crippen LogP contribution in [0.2, 0.25) is 0 Å². The van der Waals surface area contributed by atoms with Crippen molar-refractivity contribution in [3.8, 4) is 5.75 Å². The van der Waals surface area contributed by atoms with E-state index in [2.05, 4.69) is 43.4 Å². The molecule has 0 unspecified atom stereocenters. The van der Waals surface area contributed by atoms with Crippen LogP contribution in [0, 0.1) is 6.92 Å². The van der Waals surface area contributed by atoms with Gasteiger partial charge in [0.1, 0.15) is 5.75 Å². The number of aryl methyl sites for hydroxylation is 2. The molecule has 2 rings (SSSR count). The van der Waals surface area contributed by atoms with Crippen molar-refractivity contribution in [3.63, 3.8) is 0 Å². The second-order valence-electron chi connectivity index (χ2n) is 5.72. The molecular formula is C20H25NO2. The second-order valence-corrected chi connectivity index (χ2v) is 5.72. The summed E-state index contributed by atoms with van der Waals surface area (Å²) in [6, 6.07) is 15.8. The van der Waals surface area contributed by atoms with E-state index in [1.807, 2.05) is 12.1 Å². The van der Waals surface area contributed by atoms with Crippen LogP contribution in [0.1, 0.15) is 41.3 Å². The first-order valence-electron chi connectivity index (χ1n) is 8.25. The number of carbonyl (C=O) groups is 1. The van der Waals surface area contributed by atoms with Crippen LogP contribution < -0.4 is 10.1 Å². The Balaban J connectivity index is 1.74. The first-order valence-corrected chi connectivity index (χ1v) is 8.25. The van der Waals surface area contributed by atoms with Crippen LogP contribution in [0.15, 0.2) is 48.5 Å². The zero-order chi connectivity index (χ0) is 16.5. The zero-order valence-electron chi connectivity index (χ0n) is 14.0. The van der Waals surface area contributed by atoms with Gasteiger partial charge >= 0.3 is 0 Å². The minimum atomic E-state index is -0.0312. The average Bonchev–Trinajstić information content (AvgIpc) is 2.57. The minimum absolute atomic E-state index is 0.0312. The largest absolute Gasteiger partial charge is 0.494 e. The molecule has 23 heavy (non-hydrogen) atoms. The van der Waals surface area contributed by atoms with E-state index in [4.69, 9.17) is 4.74 Å². The van der Waals surface area contributed by atoms with Crippen molar-refractivity contribution in [1.82, 2.24) is 5.32 Å². The van der Waals surface area contributed by atoms with Crippen molar-refractivity contribution in [3.05, 3.63) is 65.2 Å². The highest BCUT2D eigenvalue weighted by Crippen LogP contribution is 2.12. The van der Waals surface area contributed by atoms with E-state index in [0.717, 1.165) is 25.0 Å². The topological polar surface area (TPSA) is 38.3 Å². The SMILES string of the molecule is CCCOc1ccc(C(=O)NCCCc2cccc(C)c2)cc1. The second kappa shape index (κ2) is 8.99. The average molecular weight is 311 g/mol. The van der Waals surface area contributed by atoms with Crippen LogP contribution in [-0.4, -0.2) is 19.1 Å². The maximum atomic E-state index is 12.1. The normalized spacial score (nSPS) is 10.3. The van der Waals surface area contributed by atoms with Crippen LogP contribution in [-0.2, 0) is 6.42 Å². The minimum Gasteiger partial charge on any atom is -0.494 e. The fourth-order valence-electron chi connectivity index (χ4n) is 2.39. The maximum absolute atomic E-state index is 12.1. The molecule has 0 saturated heterocycles. The quantitative estimate of drug-likeness (QED) is 0.744. The Morgan fingerprint density at radius 3 is 2.61 bits per heavy atom. The standard InChI is InChI=1S/C20H25NO2/c1-3-14-23-19-11-9-18(10-12-19)20(22)21-13-5-8-17-7-4-6-16(2)15-17/h4,6-7,9-12,15H,3,5,8,13-14H2,1-2H3,(H,21,22). The zero-order valence-corrected chi connectivity index (χ0v) is 14.0. The predicted octanol–water partition coefficient (Wildman–Crippen LogP) is 4.15. The summed E-state index contributed by atoms with van der Waals surface area (Å²) in [5, 5.41) is 2.97. The Bertz CT molecular complexity index is 620. The molecule has 0 aromatic heterocycles. The van der Waals surface area contributed by atoms with Gasteiger partial charge in [0, 0.05) is 12.1 Å². The van der Waals surface area contributed by atoms with Gasteiger partial charge in [-0.3, -0.25) is 4.79 Å². The molecule has 2 aromatic rings. The van der Waals surface area contributed by atoms with E-state index in [1.54, 1.807) is 12.1 Å².